The molecule has 3 radical (unpaired) electrons. The Bertz CT molecular complexity index is 1190. The van der Waals surface area contributed by atoms with Gasteiger partial charge in [-0.25, -0.2) is 14.4 Å². The first kappa shape index (κ1) is 31.1. The highest BCUT2D eigenvalue weighted by Gasteiger charge is 2.27. The quantitative estimate of drug-likeness (QED) is 0.154. The molecule has 3 amide bonds. The molecule has 0 aromatic heterocycles. The number of ether oxygens (including phenoxy) is 3. The van der Waals surface area contributed by atoms with Crippen molar-refractivity contribution >= 4 is 53.9 Å². The van der Waals surface area contributed by atoms with Gasteiger partial charge in [-0.1, -0.05) is 0 Å². The zero-order chi connectivity index (χ0) is 29.7. The van der Waals surface area contributed by atoms with Crippen LogP contribution in [0.3, 0.4) is 0 Å². The van der Waals surface area contributed by atoms with Crippen molar-refractivity contribution in [3.8, 4) is 17.2 Å². The molecule has 0 heterocycles. The van der Waals surface area contributed by atoms with Crippen molar-refractivity contribution in [3.05, 3.63) is 93.6 Å². The van der Waals surface area contributed by atoms with Crippen LogP contribution in [0, 0.1) is 20.8 Å². The lowest BCUT2D eigenvalue weighted by Gasteiger charge is -2.23. The van der Waals surface area contributed by atoms with Crippen LogP contribution in [0.1, 0.15) is 0 Å². The van der Waals surface area contributed by atoms with E-state index in [0.717, 1.165) is 0 Å². The van der Waals surface area contributed by atoms with Gasteiger partial charge < -0.3 is 27.8 Å². The van der Waals surface area contributed by atoms with Gasteiger partial charge >= 0.3 is 25.0 Å². The monoisotopic (exact) mass is 600 g/mol. The van der Waals surface area contributed by atoms with E-state index in [1.807, 2.05) is 0 Å². The lowest BCUT2D eigenvalue weighted by Crippen LogP contribution is -2.13. The summed E-state index contributed by atoms with van der Waals surface area (Å²) >= 11 is 5.71. The van der Waals surface area contributed by atoms with Gasteiger partial charge in [0.25, 0.3) is 0 Å². The highest BCUT2D eigenvalue weighted by Crippen LogP contribution is 2.50. The summed E-state index contributed by atoms with van der Waals surface area (Å²) in [5.41, 5.74) is 1.35. The molecule has 3 rings (SSSR count). The summed E-state index contributed by atoms with van der Waals surface area (Å²) in [6.45, 7) is 6.73. The second-order valence-corrected chi connectivity index (χ2v) is 10.4. The number of anilines is 3. The largest absolute Gasteiger partial charge is 0.490 e. The number of amides is 3. The molecule has 12 nitrogen and oxygen atoms in total. The maximum atomic E-state index is 11.6. The van der Waals surface area contributed by atoms with Gasteiger partial charge in [-0.2, -0.15) is 0 Å². The Hall–Kier alpha value is -4.48. The number of rotatable bonds is 12. The van der Waals surface area contributed by atoms with Gasteiger partial charge in [-0.05, 0) is 93.6 Å². The molecule has 0 spiro atoms. The third-order valence-electron chi connectivity index (χ3n) is 4.65. The van der Waals surface area contributed by atoms with Crippen molar-refractivity contribution in [3.63, 3.8) is 0 Å². The minimum Gasteiger partial charge on any atom is -0.449 e. The molecular formula is C27H27N3O9PS. The smallest absolute Gasteiger partial charge is 0.449 e. The summed E-state index contributed by atoms with van der Waals surface area (Å²) in [6.07, 6.45) is -1.96. The first-order valence-electron chi connectivity index (χ1n) is 11.9. The van der Waals surface area contributed by atoms with E-state index in [9.17, 15) is 14.4 Å². The van der Waals surface area contributed by atoms with Crippen molar-refractivity contribution in [2.45, 2.75) is 0 Å². The minimum absolute atomic E-state index is 0.0145. The Morgan fingerprint density at radius 1 is 0.537 bits per heavy atom. The predicted octanol–water partition coefficient (Wildman–Crippen LogP) is 6.60. The predicted molar refractivity (Wildman–Crippen MR) is 156 cm³/mol. The van der Waals surface area contributed by atoms with E-state index < -0.39 is 25.0 Å². The van der Waals surface area contributed by atoms with Crippen molar-refractivity contribution in [2.75, 3.05) is 35.8 Å². The normalized spacial score (nSPS) is 10.5. The first-order valence-corrected chi connectivity index (χ1v) is 14.5. The molecule has 0 atom stereocenters. The van der Waals surface area contributed by atoms with Crippen LogP contribution in [0.4, 0.5) is 31.4 Å². The SMILES string of the molecule is [CH2]COC(=O)Nc1ccc(OP(=S)(Oc2ccc(NC(=O)OC[CH2])cc2)Oc2ccc(NC(=O)OC[CH2])cc2)cc1. The summed E-state index contributed by atoms with van der Waals surface area (Å²) in [6, 6.07) is 18.9. The summed E-state index contributed by atoms with van der Waals surface area (Å²) in [5.74, 6) is 0.897. The molecule has 0 aliphatic rings. The van der Waals surface area contributed by atoms with E-state index in [0.29, 0.717) is 34.3 Å². The van der Waals surface area contributed by atoms with Gasteiger partial charge in [0.05, 0.1) is 19.8 Å². The van der Waals surface area contributed by atoms with Gasteiger partial charge in [-0.3, -0.25) is 16.0 Å². The number of carbonyl (C=O) groups excluding carboxylic acids is 3. The number of hydrogen-bond acceptors (Lipinski definition) is 10. The molecule has 3 N–H and O–H groups in total. The topological polar surface area (TPSA) is 143 Å². The molecule has 3 aromatic carbocycles. The average Bonchev–Trinajstić information content (AvgIpc) is 2.92. The van der Waals surface area contributed by atoms with Gasteiger partial charge in [0.2, 0.25) is 0 Å². The fourth-order valence-corrected chi connectivity index (χ4v) is 5.01. The van der Waals surface area contributed by atoms with Crippen LogP contribution in [0.25, 0.3) is 0 Å². The van der Waals surface area contributed by atoms with Crippen molar-refractivity contribution < 1.29 is 42.2 Å². The van der Waals surface area contributed by atoms with Crippen LogP contribution < -0.4 is 29.5 Å². The summed E-state index contributed by atoms with van der Waals surface area (Å²) in [4.78, 5) is 34.9. The molecule has 0 aliphatic heterocycles. The molecular weight excluding hydrogens is 573 g/mol. The maximum Gasteiger partial charge on any atom is 0.490 e. The van der Waals surface area contributed by atoms with Crippen LogP contribution in [-0.2, 0) is 26.0 Å². The molecule has 0 bridgehead atoms. The lowest BCUT2D eigenvalue weighted by atomic mass is 10.3. The van der Waals surface area contributed by atoms with E-state index in [1.54, 1.807) is 72.8 Å². The van der Waals surface area contributed by atoms with E-state index in [2.05, 4.69) is 36.7 Å². The fourth-order valence-electron chi connectivity index (χ4n) is 2.98. The first-order chi connectivity index (χ1) is 19.7. The van der Waals surface area contributed by atoms with E-state index in [1.165, 1.54) is 0 Å². The molecule has 14 heteroatoms. The van der Waals surface area contributed by atoms with Crippen molar-refractivity contribution in [1.29, 1.82) is 0 Å². The Labute approximate surface area is 242 Å². The molecule has 0 unspecified atom stereocenters. The third kappa shape index (κ3) is 10.5. The summed E-state index contributed by atoms with van der Waals surface area (Å²) in [7, 11) is 0. The van der Waals surface area contributed by atoms with Crippen LogP contribution in [-0.4, -0.2) is 38.1 Å². The number of benzene rings is 3. The van der Waals surface area contributed by atoms with Gasteiger partial charge in [-0.15, -0.1) is 0 Å². The van der Waals surface area contributed by atoms with Crippen LogP contribution >= 0.6 is 6.72 Å². The summed E-state index contributed by atoms with van der Waals surface area (Å²) < 4.78 is 32.3. The maximum absolute atomic E-state index is 11.6. The Kier molecular flexibility index (Phi) is 11.6. The van der Waals surface area contributed by atoms with Gasteiger partial charge in [0.15, 0.2) is 0 Å². The standard InChI is InChI=1S/C27H27N3O9PS/c1-4-34-25(31)28-19-7-13-22(14-8-19)37-40(41,38-23-15-9-20(10-16-23)29-26(32)35-5-2)39-24-17-11-21(12-18-24)30-27(33)36-6-3/h7-18H,1-6H2,(H,28,31)(H,29,32)(H,30,33). The second kappa shape index (κ2) is 15.3. The number of carbonyl (C=O) groups is 3. The van der Waals surface area contributed by atoms with Crippen LogP contribution in [0.2, 0.25) is 0 Å². The summed E-state index contributed by atoms with van der Waals surface area (Å²) in [5, 5.41) is 7.63. The molecule has 0 fully saturated rings. The van der Waals surface area contributed by atoms with E-state index in [4.69, 9.17) is 39.6 Å². The molecule has 0 aliphatic carbocycles. The molecule has 215 valence electrons. The lowest BCUT2D eigenvalue weighted by molar-refractivity contribution is 0.172. The van der Waals surface area contributed by atoms with Gasteiger partial charge in [0.1, 0.15) is 17.2 Å². The Balaban J connectivity index is 1.78. The highest BCUT2D eigenvalue weighted by molar-refractivity contribution is 8.08. The molecule has 3 aromatic rings. The third-order valence-corrected chi connectivity index (χ3v) is 6.63. The average molecular weight is 601 g/mol. The highest BCUT2D eigenvalue weighted by atomic mass is 32.5. The Morgan fingerprint density at radius 2 is 0.780 bits per heavy atom. The zero-order valence-corrected chi connectivity index (χ0v) is 23.4. The minimum atomic E-state index is -3.57. The second-order valence-electron chi connectivity index (χ2n) is 7.58. The Morgan fingerprint density at radius 3 is 1.00 bits per heavy atom. The fraction of sp³-hybridized carbons (Fsp3) is 0.111. The molecule has 0 saturated carbocycles. The van der Waals surface area contributed by atoms with E-state index in [-0.39, 0.29) is 19.8 Å². The molecule has 0 saturated heterocycles. The van der Waals surface area contributed by atoms with Crippen LogP contribution in [0.15, 0.2) is 72.8 Å². The van der Waals surface area contributed by atoms with E-state index >= 15 is 0 Å². The number of nitrogens with one attached hydrogen (secondary N) is 3. The number of hydrogen-bond donors (Lipinski definition) is 3. The van der Waals surface area contributed by atoms with Gasteiger partial charge in [0, 0.05) is 28.9 Å². The van der Waals surface area contributed by atoms with Crippen LogP contribution in [0.5, 0.6) is 17.2 Å². The van der Waals surface area contributed by atoms with Crippen molar-refractivity contribution in [2.24, 2.45) is 0 Å². The van der Waals surface area contributed by atoms with Crippen molar-refractivity contribution in [1.82, 2.24) is 0 Å². The molecule has 41 heavy (non-hydrogen) atoms. The zero-order valence-electron chi connectivity index (χ0n) is 21.7.